The maximum Gasteiger partial charge on any atom is 0.147 e. The summed E-state index contributed by atoms with van der Waals surface area (Å²) in [5, 5.41) is 18.1. The van der Waals surface area contributed by atoms with Crippen LogP contribution in [-0.4, -0.2) is 5.11 Å². The fourth-order valence-electron chi connectivity index (χ4n) is 1.17. The Balaban J connectivity index is 3.16. The van der Waals surface area contributed by atoms with E-state index in [1.807, 2.05) is 12.1 Å². The van der Waals surface area contributed by atoms with Gasteiger partial charge in [-0.2, -0.15) is 5.26 Å². The van der Waals surface area contributed by atoms with E-state index in [2.05, 4.69) is 22.9 Å². The van der Waals surface area contributed by atoms with Crippen molar-refractivity contribution < 1.29 is 5.11 Å². The molecule has 0 aromatic heterocycles. The summed E-state index contributed by atoms with van der Waals surface area (Å²) in [5.74, 6) is 0.0300. The molecule has 0 atom stereocenters. The molecule has 0 heterocycles. The second kappa shape index (κ2) is 4.29. The Labute approximate surface area is 85.9 Å². The van der Waals surface area contributed by atoms with Gasteiger partial charge < -0.3 is 5.11 Å². The molecule has 0 aliphatic heterocycles. The van der Waals surface area contributed by atoms with E-state index in [0.717, 1.165) is 18.4 Å². The van der Waals surface area contributed by atoms with Crippen molar-refractivity contribution in [2.45, 2.75) is 19.8 Å². The molecule has 2 nitrogen and oxygen atoms in total. The lowest BCUT2D eigenvalue weighted by atomic mass is 10.1. The van der Waals surface area contributed by atoms with Gasteiger partial charge in [0.2, 0.25) is 0 Å². The summed E-state index contributed by atoms with van der Waals surface area (Å²) in [7, 11) is 0. The minimum absolute atomic E-state index is 0.0300. The van der Waals surface area contributed by atoms with Gasteiger partial charge in [0.15, 0.2) is 0 Å². The summed E-state index contributed by atoms with van der Waals surface area (Å²) in [4.78, 5) is 0. The lowest BCUT2D eigenvalue weighted by Gasteiger charge is -2.03. The van der Waals surface area contributed by atoms with Crippen molar-refractivity contribution in [1.29, 1.82) is 5.26 Å². The van der Waals surface area contributed by atoms with Gasteiger partial charge in [0, 0.05) is 0 Å². The smallest absolute Gasteiger partial charge is 0.147 e. The second-order valence-electron chi connectivity index (χ2n) is 2.84. The summed E-state index contributed by atoms with van der Waals surface area (Å²) in [6.07, 6.45) is 1.95. The maximum absolute atomic E-state index is 9.42. The molecule has 13 heavy (non-hydrogen) atoms. The van der Waals surface area contributed by atoms with Crippen LogP contribution in [0.1, 0.15) is 24.5 Å². The van der Waals surface area contributed by atoms with E-state index in [0.29, 0.717) is 10.0 Å². The summed E-state index contributed by atoms with van der Waals surface area (Å²) >= 11 is 3.21. The molecule has 0 bridgehead atoms. The van der Waals surface area contributed by atoms with Crippen LogP contribution in [0.5, 0.6) is 5.75 Å². The quantitative estimate of drug-likeness (QED) is 0.863. The monoisotopic (exact) mass is 239 g/mol. The highest BCUT2D eigenvalue weighted by Gasteiger charge is 2.06. The molecule has 1 aromatic rings. The van der Waals surface area contributed by atoms with Crippen LogP contribution < -0.4 is 0 Å². The first kappa shape index (κ1) is 10.1. The first-order valence-electron chi connectivity index (χ1n) is 4.10. The molecule has 0 amide bonds. The number of aromatic hydroxyl groups is 1. The van der Waals surface area contributed by atoms with Crippen LogP contribution in [0.2, 0.25) is 0 Å². The van der Waals surface area contributed by atoms with Crippen LogP contribution in [0.3, 0.4) is 0 Å². The highest BCUT2D eigenvalue weighted by molar-refractivity contribution is 9.10. The Morgan fingerprint density at radius 2 is 2.23 bits per heavy atom. The molecule has 0 aliphatic rings. The SMILES string of the molecule is CCCc1cc(Br)c(O)c(C#N)c1. The Bertz CT molecular complexity index is 355. The number of halogens is 1. The first-order valence-corrected chi connectivity index (χ1v) is 4.89. The van der Waals surface area contributed by atoms with Crippen LogP contribution >= 0.6 is 15.9 Å². The topological polar surface area (TPSA) is 44.0 Å². The van der Waals surface area contributed by atoms with Crippen molar-refractivity contribution in [3.63, 3.8) is 0 Å². The zero-order valence-electron chi connectivity index (χ0n) is 7.34. The van der Waals surface area contributed by atoms with Gasteiger partial charge in [-0.05, 0) is 40.0 Å². The highest BCUT2D eigenvalue weighted by Crippen LogP contribution is 2.29. The van der Waals surface area contributed by atoms with Crippen molar-refractivity contribution >= 4 is 15.9 Å². The number of phenolic OH excluding ortho intramolecular Hbond substituents is 1. The zero-order chi connectivity index (χ0) is 9.84. The Kier molecular flexibility index (Phi) is 3.32. The molecular weight excluding hydrogens is 230 g/mol. The van der Waals surface area contributed by atoms with E-state index >= 15 is 0 Å². The fourth-order valence-corrected chi connectivity index (χ4v) is 1.68. The van der Waals surface area contributed by atoms with Gasteiger partial charge in [-0.3, -0.25) is 0 Å². The van der Waals surface area contributed by atoms with Gasteiger partial charge in [-0.15, -0.1) is 0 Å². The van der Waals surface area contributed by atoms with Crippen molar-refractivity contribution in [3.05, 3.63) is 27.7 Å². The van der Waals surface area contributed by atoms with E-state index in [4.69, 9.17) is 5.26 Å². The third-order valence-electron chi connectivity index (χ3n) is 1.78. The molecular formula is C10H10BrNO. The largest absolute Gasteiger partial charge is 0.505 e. The molecule has 0 fully saturated rings. The number of phenols is 1. The molecule has 0 saturated heterocycles. The Hall–Kier alpha value is -1.01. The Morgan fingerprint density at radius 1 is 1.54 bits per heavy atom. The molecule has 0 aliphatic carbocycles. The minimum Gasteiger partial charge on any atom is -0.505 e. The molecule has 1 rings (SSSR count). The van der Waals surface area contributed by atoms with Gasteiger partial charge in [0.05, 0.1) is 10.0 Å². The van der Waals surface area contributed by atoms with Gasteiger partial charge in [0.25, 0.3) is 0 Å². The standard InChI is InChI=1S/C10H10BrNO/c1-2-3-7-4-8(6-12)10(13)9(11)5-7/h4-5,13H,2-3H2,1H3. The number of hydrogen-bond donors (Lipinski definition) is 1. The minimum atomic E-state index is 0.0300. The molecule has 3 heteroatoms. The molecule has 68 valence electrons. The number of nitrogens with zero attached hydrogens (tertiary/aromatic N) is 1. The van der Waals surface area contributed by atoms with Gasteiger partial charge in [-0.1, -0.05) is 13.3 Å². The van der Waals surface area contributed by atoms with E-state index in [1.165, 1.54) is 0 Å². The number of hydrogen-bond acceptors (Lipinski definition) is 2. The summed E-state index contributed by atoms with van der Waals surface area (Å²) in [6, 6.07) is 5.53. The highest BCUT2D eigenvalue weighted by atomic mass is 79.9. The van der Waals surface area contributed by atoms with Gasteiger partial charge in [0.1, 0.15) is 11.8 Å². The van der Waals surface area contributed by atoms with E-state index in [-0.39, 0.29) is 5.75 Å². The van der Waals surface area contributed by atoms with E-state index < -0.39 is 0 Å². The average molecular weight is 240 g/mol. The molecule has 0 unspecified atom stereocenters. The molecule has 0 spiro atoms. The number of aryl methyl sites for hydroxylation is 1. The summed E-state index contributed by atoms with van der Waals surface area (Å²) in [5.41, 5.74) is 1.40. The number of nitriles is 1. The van der Waals surface area contributed by atoms with E-state index in [1.54, 1.807) is 6.07 Å². The van der Waals surface area contributed by atoms with Crippen LogP contribution in [0.25, 0.3) is 0 Å². The fraction of sp³-hybridized carbons (Fsp3) is 0.300. The summed E-state index contributed by atoms with van der Waals surface area (Å²) < 4.78 is 0.593. The summed E-state index contributed by atoms with van der Waals surface area (Å²) in [6.45, 7) is 2.08. The van der Waals surface area contributed by atoms with E-state index in [9.17, 15) is 5.11 Å². The second-order valence-corrected chi connectivity index (χ2v) is 3.69. The van der Waals surface area contributed by atoms with Gasteiger partial charge >= 0.3 is 0 Å². The van der Waals surface area contributed by atoms with Gasteiger partial charge in [-0.25, -0.2) is 0 Å². The molecule has 0 radical (unpaired) electrons. The average Bonchev–Trinajstić information content (AvgIpc) is 2.11. The predicted molar refractivity (Wildman–Crippen MR) is 54.5 cm³/mol. The van der Waals surface area contributed by atoms with Crippen LogP contribution in [-0.2, 0) is 6.42 Å². The van der Waals surface area contributed by atoms with Crippen LogP contribution in [0.15, 0.2) is 16.6 Å². The first-order chi connectivity index (χ1) is 6.19. The number of benzene rings is 1. The van der Waals surface area contributed by atoms with Crippen molar-refractivity contribution in [3.8, 4) is 11.8 Å². The number of rotatable bonds is 2. The Morgan fingerprint density at radius 3 is 2.77 bits per heavy atom. The van der Waals surface area contributed by atoms with Crippen LogP contribution in [0, 0.1) is 11.3 Å². The predicted octanol–water partition coefficient (Wildman–Crippen LogP) is 2.98. The lowest BCUT2D eigenvalue weighted by molar-refractivity contribution is 0.470. The van der Waals surface area contributed by atoms with Crippen molar-refractivity contribution in [1.82, 2.24) is 0 Å². The normalized spacial score (nSPS) is 9.62. The van der Waals surface area contributed by atoms with Crippen molar-refractivity contribution in [2.75, 3.05) is 0 Å². The maximum atomic E-state index is 9.42. The third kappa shape index (κ3) is 2.22. The molecule has 1 aromatic carbocycles. The zero-order valence-corrected chi connectivity index (χ0v) is 8.93. The molecule has 1 N–H and O–H groups in total. The molecule has 0 saturated carbocycles. The van der Waals surface area contributed by atoms with Crippen LogP contribution in [0.4, 0.5) is 0 Å². The third-order valence-corrected chi connectivity index (χ3v) is 2.39. The van der Waals surface area contributed by atoms with Crippen molar-refractivity contribution in [2.24, 2.45) is 0 Å². The lowest BCUT2D eigenvalue weighted by Crippen LogP contribution is -1.86.